The van der Waals surface area contributed by atoms with Crippen LogP contribution in [0.3, 0.4) is 0 Å². The van der Waals surface area contributed by atoms with Crippen molar-refractivity contribution in [2.45, 2.75) is 6.92 Å². The zero-order valence-corrected chi connectivity index (χ0v) is 10.6. The predicted molar refractivity (Wildman–Crippen MR) is 70.9 cm³/mol. The highest BCUT2D eigenvalue weighted by Gasteiger charge is 2.18. The van der Waals surface area contributed by atoms with Crippen LogP contribution >= 0.6 is 11.3 Å². The Morgan fingerprint density at radius 1 is 1.05 bits per heavy atom. The van der Waals surface area contributed by atoms with Crippen LogP contribution in [0.15, 0.2) is 24.3 Å². The molecule has 1 aromatic heterocycles. The Balaban J connectivity index is 2.50. The zero-order chi connectivity index (χ0) is 13.7. The average molecular weight is 278 g/mol. The van der Waals surface area contributed by atoms with E-state index >= 15 is 0 Å². The minimum absolute atomic E-state index is 0.180. The minimum Gasteiger partial charge on any atom is -0.478 e. The maximum absolute atomic E-state index is 14.1. The second kappa shape index (κ2) is 3.99. The highest BCUT2D eigenvalue weighted by molar-refractivity contribution is 7.25. The number of hydrogen-bond donors (Lipinski definition) is 1. The third-order valence-electron chi connectivity index (χ3n) is 3.11. The summed E-state index contributed by atoms with van der Waals surface area (Å²) in [4.78, 5) is 10.9. The number of benzene rings is 2. The van der Waals surface area contributed by atoms with E-state index < -0.39 is 17.3 Å². The summed E-state index contributed by atoms with van der Waals surface area (Å²) in [6.45, 7) is 1.64. The van der Waals surface area contributed by atoms with Gasteiger partial charge in [-0.3, -0.25) is 0 Å². The SMILES string of the molecule is Cc1ccc2c(sc3c(F)c(C(=O)O)ccc32)c1F. The fraction of sp³-hybridized carbons (Fsp3) is 0.0714. The molecule has 0 fully saturated rings. The van der Waals surface area contributed by atoms with Gasteiger partial charge in [0.25, 0.3) is 0 Å². The second-order valence-electron chi connectivity index (χ2n) is 4.28. The van der Waals surface area contributed by atoms with Crippen molar-refractivity contribution in [3.05, 3.63) is 47.0 Å². The third-order valence-corrected chi connectivity index (χ3v) is 4.32. The summed E-state index contributed by atoms with van der Waals surface area (Å²) in [6.07, 6.45) is 0. The Labute approximate surface area is 110 Å². The van der Waals surface area contributed by atoms with Crippen LogP contribution in [-0.4, -0.2) is 11.1 Å². The van der Waals surface area contributed by atoms with Crippen molar-refractivity contribution in [2.75, 3.05) is 0 Å². The Morgan fingerprint density at radius 3 is 2.26 bits per heavy atom. The molecule has 0 saturated heterocycles. The maximum atomic E-state index is 14.1. The summed E-state index contributed by atoms with van der Waals surface area (Å²) in [7, 11) is 0. The Kier molecular flexibility index (Phi) is 2.53. The number of aryl methyl sites for hydroxylation is 1. The number of fused-ring (bicyclic) bond motifs is 3. The number of aromatic carboxylic acids is 1. The lowest BCUT2D eigenvalue weighted by molar-refractivity contribution is 0.0692. The fourth-order valence-electron chi connectivity index (χ4n) is 2.10. The summed E-state index contributed by atoms with van der Waals surface area (Å²) < 4.78 is 28.6. The molecule has 19 heavy (non-hydrogen) atoms. The van der Waals surface area contributed by atoms with Gasteiger partial charge >= 0.3 is 5.97 Å². The van der Waals surface area contributed by atoms with E-state index in [0.717, 1.165) is 11.3 Å². The van der Waals surface area contributed by atoms with Gasteiger partial charge in [0.15, 0.2) is 5.82 Å². The molecule has 0 unspecified atom stereocenters. The van der Waals surface area contributed by atoms with Crippen molar-refractivity contribution in [1.29, 1.82) is 0 Å². The normalized spacial score (nSPS) is 11.3. The van der Waals surface area contributed by atoms with Crippen LogP contribution in [0.5, 0.6) is 0 Å². The van der Waals surface area contributed by atoms with Crippen molar-refractivity contribution >= 4 is 37.5 Å². The number of halogens is 2. The molecule has 1 N–H and O–H groups in total. The van der Waals surface area contributed by atoms with Crippen molar-refractivity contribution in [3.63, 3.8) is 0 Å². The van der Waals surface area contributed by atoms with E-state index in [1.54, 1.807) is 19.1 Å². The fourth-order valence-corrected chi connectivity index (χ4v) is 3.33. The highest BCUT2D eigenvalue weighted by atomic mass is 32.1. The van der Waals surface area contributed by atoms with Crippen LogP contribution in [-0.2, 0) is 0 Å². The number of thiophene rings is 1. The standard InChI is InChI=1S/C14H8F2O2S/c1-6-2-3-7-8-4-5-9(14(17)18)11(16)13(8)19-12(7)10(6)15/h2-5H,1H3,(H,17,18). The zero-order valence-electron chi connectivity index (χ0n) is 9.83. The lowest BCUT2D eigenvalue weighted by Crippen LogP contribution is -1.99. The van der Waals surface area contributed by atoms with E-state index in [-0.39, 0.29) is 10.5 Å². The molecular formula is C14H8F2O2S. The molecule has 0 spiro atoms. The topological polar surface area (TPSA) is 37.3 Å². The first-order chi connectivity index (χ1) is 9.00. The molecule has 0 radical (unpaired) electrons. The first-order valence-corrected chi connectivity index (χ1v) is 6.35. The van der Waals surface area contributed by atoms with E-state index in [4.69, 9.17) is 5.11 Å². The van der Waals surface area contributed by atoms with Gasteiger partial charge in [-0.25, -0.2) is 13.6 Å². The second-order valence-corrected chi connectivity index (χ2v) is 5.30. The molecule has 0 aliphatic rings. The molecule has 0 aliphatic heterocycles. The Morgan fingerprint density at radius 2 is 1.63 bits per heavy atom. The molecule has 3 rings (SSSR count). The molecular weight excluding hydrogens is 270 g/mol. The predicted octanol–water partition coefficient (Wildman–Crippen LogP) is 4.34. The van der Waals surface area contributed by atoms with E-state index in [1.807, 2.05) is 0 Å². The van der Waals surface area contributed by atoms with Crippen molar-refractivity contribution in [3.8, 4) is 0 Å². The highest BCUT2D eigenvalue weighted by Crippen LogP contribution is 2.38. The number of carbonyl (C=O) groups is 1. The number of rotatable bonds is 1. The Bertz CT molecular complexity index is 836. The minimum atomic E-state index is -1.33. The van der Waals surface area contributed by atoms with Gasteiger partial charge in [0.2, 0.25) is 0 Å². The largest absolute Gasteiger partial charge is 0.478 e. The van der Waals surface area contributed by atoms with Gasteiger partial charge in [0.1, 0.15) is 5.82 Å². The third kappa shape index (κ3) is 1.62. The van der Waals surface area contributed by atoms with Crippen LogP contribution in [0.1, 0.15) is 15.9 Å². The van der Waals surface area contributed by atoms with E-state index in [1.165, 1.54) is 12.1 Å². The van der Waals surface area contributed by atoms with E-state index in [2.05, 4.69) is 0 Å². The van der Waals surface area contributed by atoms with Crippen LogP contribution < -0.4 is 0 Å². The molecule has 0 atom stereocenters. The van der Waals surface area contributed by atoms with Gasteiger partial charge in [0.05, 0.1) is 15.0 Å². The summed E-state index contributed by atoms with van der Waals surface area (Å²) >= 11 is 0.947. The number of hydrogen-bond acceptors (Lipinski definition) is 2. The van der Waals surface area contributed by atoms with Crippen LogP contribution in [0.4, 0.5) is 8.78 Å². The van der Waals surface area contributed by atoms with Crippen LogP contribution in [0.2, 0.25) is 0 Å². The lowest BCUT2D eigenvalue weighted by Gasteiger charge is -1.98. The first-order valence-electron chi connectivity index (χ1n) is 5.54. The maximum Gasteiger partial charge on any atom is 0.338 e. The van der Waals surface area contributed by atoms with Gasteiger partial charge in [-0.05, 0) is 18.6 Å². The quantitative estimate of drug-likeness (QED) is 0.719. The first kappa shape index (κ1) is 12.0. The van der Waals surface area contributed by atoms with Gasteiger partial charge in [-0.15, -0.1) is 11.3 Å². The summed E-state index contributed by atoms with van der Waals surface area (Å²) in [6, 6.07) is 6.10. The van der Waals surface area contributed by atoms with Crippen LogP contribution in [0, 0.1) is 18.6 Å². The Hall–Kier alpha value is -2.01. The number of carboxylic acids is 1. The smallest absolute Gasteiger partial charge is 0.338 e. The molecule has 96 valence electrons. The molecule has 2 aromatic carbocycles. The molecule has 1 heterocycles. The summed E-state index contributed by atoms with van der Waals surface area (Å²) in [5.41, 5.74) is 0.0918. The van der Waals surface area contributed by atoms with Gasteiger partial charge in [-0.1, -0.05) is 18.2 Å². The van der Waals surface area contributed by atoms with E-state index in [9.17, 15) is 13.6 Å². The molecule has 0 saturated carbocycles. The van der Waals surface area contributed by atoms with Crippen molar-refractivity contribution in [1.82, 2.24) is 0 Å². The van der Waals surface area contributed by atoms with Gasteiger partial charge < -0.3 is 5.11 Å². The van der Waals surface area contributed by atoms with Crippen LogP contribution in [0.25, 0.3) is 20.2 Å². The average Bonchev–Trinajstić information content (AvgIpc) is 2.74. The molecule has 5 heteroatoms. The van der Waals surface area contributed by atoms with Crippen molar-refractivity contribution in [2.24, 2.45) is 0 Å². The van der Waals surface area contributed by atoms with Gasteiger partial charge in [-0.2, -0.15) is 0 Å². The lowest BCUT2D eigenvalue weighted by atomic mass is 10.1. The number of carboxylic acid groups (broad SMARTS) is 1. The van der Waals surface area contributed by atoms with Crippen molar-refractivity contribution < 1.29 is 18.7 Å². The monoisotopic (exact) mass is 278 g/mol. The van der Waals surface area contributed by atoms with Gasteiger partial charge in [0, 0.05) is 10.8 Å². The molecule has 2 nitrogen and oxygen atoms in total. The molecule has 0 aliphatic carbocycles. The molecule has 0 bridgehead atoms. The van der Waals surface area contributed by atoms with E-state index in [0.29, 0.717) is 21.0 Å². The molecule has 0 amide bonds. The summed E-state index contributed by atoms with van der Waals surface area (Å²) in [5.74, 6) is -2.51. The summed E-state index contributed by atoms with van der Waals surface area (Å²) in [5, 5.41) is 10.0. The molecule has 3 aromatic rings.